The third-order valence-electron chi connectivity index (χ3n) is 1.70. The van der Waals surface area contributed by atoms with E-state index in [9.17, 15) is 9.18 Å². The van der Waals surface area contributed by atoms with Gasteiger partial charge < -0.3 is 4.74 Å². The second kappa shape index (κ2) is 5.97. The van der Waals surface area contributed by atoms with Crippen molar-refractivity contribution in [2.45, 2.75) is 6.92 Å². The van der Waals surface area contributed by atoms with Crippen molar-refractivity contribution in [1.82, 2.24) is 0 Å². The highest BCUT2D eigenvalue weighted by atomic mass is 19.1. The maximum atomic E-state index is 13.3. The Morgan fingerprint density at radius 2 is 2.11 bits per heavy atom. The predicted octanol–water partition coefficient (Wildman–Crippen LogP) is 1.57. The summed E-state index contributed by atoms with van der Waals surface area (Å²) in [5.41, 5.74) is 1.64. The number of hydrogen-bond donors (Lipinski definition) is 1. The van der Waals surface area contributed by atoms with Crippen LogP contribution in [0.4, 0.5) is 10.1 Å². The number of carbonyl (C=O) groups excluding carboxylic acids is 1. The number of carbonyl (C=O) groups is 1. The van der Waals surface area contributed by atoms with Gasteiger partial charge in [0.25, 0.3) is 0 Å². The molecule has 0 atom stereocenters. The van der Waals surface area contributed by atoms with Crippen LogP contribution in [0.25, 0.3) is 0 Å². The fourth-order valence-electron chi connectivity index (χ4n) is 1.01. The molecule has 0 spiro atoms. The lowest BCUT2D eigenvalue weighted by molar-refractivity contribution is -0.131. The highest BCUT2D eigenvalue weighted by molar-refractivity contribution is 6.10. The van der Waals surface area contributed by atoms with Gasteiger partial charge in [0.1, 0.15) is 23.7 Å². The average Bonchev–Trinajstić information content (AvgIpc) is 2.33. The second-order valence-electron chi connectivity index (χ2n) is 3.03. The molecule has 1 N–H and O–H groups in total. The lowest BCUT2D eigenvalue weighted by Gasteiger charge is -2.05. The first kappa shape index (κ1) is 13.1. The van der Waals surface area contributed by atoms with E-state index >= 15 is 0 Å². The van der Waals surface area contributed by atoms with Crippen LogP contribution in [-0.4, -0.2) is 11.7 Å². The minimum atomic E-state index is -0.662. The van der Waals surface area contributed by atoms with Crippen LogP contribution in [0.5, 0.6) is 5.75 Å². The molecule has 7 heteroatoms. The first-order valence-corrected chi connectivity index (χ1v) is 4.68. The molecule has 0 saturated carbocycles. The van der Waals surface area contributed by atoms with Crippen molar-refractivity contribution in [3.8, 4) is 17.9 Å². The van der Waals surface area contributed by atoms with Crippen molar-refractivity contribution in [2.24, 2.45) is 5.10 Å². The van der Waals surface area contributed by atoms with E-state index in [1.54, 1.807) is 0 Å². The number of nitrogens with one attached hydrogen (secondary N) is 1. The van der Waals surface area contributed by atoms with Crippen LogP contribution in [0.15, 0.2) is 23.3 Å². The van der Waals surface area contributed by atoms with Crippen LogP contribution >= 0.6 is 0 Å². The number of esters is 1. The Bertz CT molecular complexity index is 568. The lowest BCUT2D eigenvalue weighted by atomic mass is 10.3. The van der Waals surface area contributed by atoms with E-state index in [0.29, 0.717) is 0 Å². The zero-order valence-corrected chi connectivity index (χ0v) is 9.27. The van der Waals surface area contributed by atoms with Crippen LogP contribution in [0.2, 0.25) is 0 Å². The van der Waals surface area contributed by atoms with Gasteiger partial charge >= 0.3 is 5.97 Å². The Morgan fingerprint density at radius 3 is 2.67 bits per heavy atom. The molecule has 1 aromatic carbocycles. The van der Waals surface area contributed by atoms with Crippen LogP contribution in [-0.2, 0) is 4.79 Å². The molecule has 18 heavy (non-hydrogen) atoms. The van der Waals surface area contributed by atoms with E-state index in [0.717, 1.165) is 6.07 Å². The van der Waals surface area contributed by atoms with Crippen LogP contribution in [0.3, 0.4) is 0 Å². The summed E-state index contributed by atoms with van der Waals surface area (Å²) >= 11 is 0. The number of nitrogens with zero attached hydrogens (tertiary/aromatic N) is 3. The molecule has 0 unspecified atom stereocenters. The molecule has 0 fully saturated rings. The first-order chi connectivity index (χ1) is 8.56. The number of hydrogen-bond acceptors (Lipinski definition) is 6. The molecule has 0 aliphatic heterocycles. The SMILES string of the molecule is CC(=O)Oc1ccc(F)c(NN=C(C#N)C#N)c1. The van der Waals surface area contributed by atoms with Gasteiger partial charge in [0.15, 0.2) is 0 Å². The molecule has 0 aromatic heterocycles. The van der Waals surface area contributed by atoms with Crippen molar-refractivity contribution < 1.29 is 13.9 Å². The van der Waals surface area contributed by atoms with Gasteiger partial charge in [-0.3, -0.25) is 10.2 Å². The van der Waals surface area contributed by atoms with Crippen molar-refractivity contribution in [2.75, 3.05) is 5.43 Å². The molecule has 0 heterocycles. The maximum Gasteiger partial charge on any atom is 0.308 e. The summed E-state index contributed by atoms with van der Waals surface area (Å²) in [4.78, 5) is 10.7. The van der Waals surface area contributed by atoms with Gasteiger partial charge in [-0.25, -0.2) is 4.39 Å². The zero-order chi connectivity index (χ0) is 13.5. The maximum absolute atomic E-state index is 13.3. The monoisotopic (exact) mass is 246 g/mol. The zero-order valence-electron chi connectivity index (χ0n) is 9.27. The van der Waals surface area contributed by atoms with Gasteiger partial charge in [0.05, 0.1) is 5.69 Å². The Balaban J connectivity index is 2.96. The highest BCUT2D eigenvalue weighted by Gasteiger charge is 2.06. The molecular weight excluding hydrogens is 239 g/mol. The quantitative estimate of drug-likeness (QED) is 0.377. The molecule has 0 aliphatic carbocycles. The molecule has 0 amide bonds. The Hall–Kier alpha value is -2.93. The van der Waals surface area contributed by atoms with Crippen molar-refractivity contribution >= 4 is 17.4 Å². The van der Waals surface area contributed by atoms with Crippen molar-refractivity contribution in [3.63, 3.8) is 0 Å². The van der Waals surface area contributed by atoms with E-state index < -0.39 is 17.5 Å². The fourth-order valence-corrected chi connectivity index (χ4v) is 1.01. The van der Waals surface area contributed by atoms with E-state index in [-0.39, 0.29) is 11.4 Å². The van der Waals surface area contributed by atoms with Gasteiger partial charge in [-0.1, -0.05) is 0 Å². The number of hydrazone groups is 1. The third kappa shape index (κ3) is 3.58. The van der Waals surface area contributed by atoms with Gasteiger partial charge in [0, 0.05) is 13.0 Å². The molecule has 90 valence electrons. The molecule has 1 aromatic rings. The summed E-state index contributed by atoms with van der Waals surface area (Å²) in [6, 6.07) is 6.53. The Labute approximate surface area is 102 Å². The first-order valence-electron chi connectivity index (χ1n) is 4.68. The molecular formula is C11H7FN4O2. The summed E-state index contributed by atoms with van der Waals surface area (Å²) in [6.45, 7) is 1.21. The summed E-state index contributed by atoms with van der Waals surface area (Å²) in [5.74, 6) is -1.09. The number of anilines is 1. The smallest absolute Gasteiger partial charge is 0.308 e. The molecule has 0 aliphatic rings. The van der Waals surface area contributed by atoms with E-state index in [2.05, 4.69) is 10.5 Å². The van der Waals surface area contributed by atoms with Gasteiger partial charge in [-0.2, -0.15) is 15.6 Å². The van der Waals surface area contributed by atoms with Crippen molar-refractivity contribution in [1.29, 1.82) is 10.5 Å². The molecule has 1 rings (SSSR count). The summed E-state index contributed by atoms with van der Waals surface area (Å²) < 4.78 is 18.1. The number of benzene rings is 1. The Kier molecular flexibility index (Phi) is 4.35. The number of nitriles is 2. The number of ether oxygens (including phenoxy) is 1. The largest absolute Gasteiger partial charge is 0.427 e. The van der Waals surface area contributed by atoms with Crippen molar-refractivity contribution in [3.05, 3.63) is 24.0 Å². The predicted molar refractivity (Wildman–Crippen MR) is 60.0 cm³/mol. The van der Waals surface area contributed by atoms with E-state index in [1.165, 1.54) is 31.2 Å². The lowest BCUT2D eigenvalue weighted by Crippen LogP contribution is -2.03. The summed E-state index contributed by atoms with van der Waals surface area (Å²) in [6.07, 6.45) is 0. The molecule has 0 bridgehead atoms. The van der Waals surface area contributed by atoms with E-state index in [1.807, 2.05) is 0 Å². The summed E-state index contributed by atoms with van der Waals surface area (Å²) in [7, 11) is 0. The number of rotatable bonds is 3. The summed E-state index contributed by atoms with van der Waals surface area (Å²) in [5, 5.41) is 20.3. The third-order valence-corrected chi connectivity index (χ3v) is 1.70. The number of halogens is 1. The van der Waals surface area contributed by atoms with Crippen LogP contribution in [0, 0.1) is 28.5 Å². The highest BCUT2D eigenvalue weighted by Crippen LogP contribution is 2.21. The van der Waals surface area contributed by atoms with Crippen LogP contribution < -0.4 is 10.2 Å². The van der Waals surface area contributed by atoms with E-state index in [4.69, 9.17) is 15.3 Å². The second-order valence-corrected chi connectivity index (χ2v) is 3.03. The Morgan fingerprint density at radius 1 is 1.44 bits per heavy atom. The molecule has 0 radical (unpaired) electrons. The van der Waals surface area contributed by atoms with Gasteiger partial charge in [-0.15, -0.1) is 0 Å². The minimum absolute atomic E-state index is 0.114. The fraction of sp³-hybridized carbons (Fsp3) is 0.0909. The molecule has 6 nitrogen and oxygen atoms in total. The minimum Gasteiger partial charge on any atom is -0.427 e. The average molecular weight is 246 g/mol. The van der Waals surface area contributed by atoms with Crippen LogP contribution in [0.1, 0.15) is 6.92 Å². The topological polar surface area (TPSA) is 98.3 Å². The van der Waals surface area contributed by atoms with Gasteiger partial charge in [0.2, 0.25) is 5.71 Å². The standard InChI is InChI=1S/C11H7FN4O2/c1-7(17)18-9-2-3-10(12)11(4-9)16-15-8(5-13)6-14/h2-4,16H,1H3. The van der Waals surface area contributed by atoms with Gasteiger partial charge in [-0.05, 0) is 12.1 Å². The normalized spacial score (nSPS) is 8.67. The molecule has 0 saturated heterocycles.